The van der Waals surface area contributed by atoms with Crippen LogP contribution >= 0.6 is 27.3 Å². The maximum absolute atomic E-state index is 4.37. The van der Waals surface area contributed by atoms with Gasteiger partial charge in [-0.3, -0.25) is 0 Å². The van der Waals surface area contributed by atoms with Crippen LogP contribution in [0.5, 0.6) is 0 Å². The Morgan fingerprint density at radius 3 is 2.88 bits per heavy atom. The topological polar surface area (TPSA) is 28.2 Å². The van der Waals surface area contributed by atoms with Gasteiger partial charge in [-0.2, -0.15) is 0 Å². The van der Waals surface area contributed by atoms with Crippen molar-refractivity contribution in [3.63, 3.8) is 0 Å². The smallest absolute Gasteiger partial charge is 0.183 e. The molecule has 0 aliphatic carbocycles. The number of hydrogen-bond donors (Lipinski definition) is 1. The van der Waals surface area contributed by atoms with Crippen molar-refractivity contribution in [3.8, 4) is 0 Å². The first-order valence-corrected chi connectivity index (χ1v) is 7.55. The summed E-state index contributed by atoms with van der Waals surface area (Å²) in [6.07, 6.45) is 3.73. The van der Waals surface area contributed by atoms with Crippen molar-refractivity contribution in [2.24, 2.45) is 0 Å². The van der Waals surface area contributed by atoms with Gasteiger partial charge in [0.25, 0.3) is 0 Å². The maximum Gasteiger partial charge on any atom is 0.183 e. The van der Waals surface area contributed by atoms with Crippen LogP contribution in [0, 0.1) is 0 Å². The number of piperidine rings is 1. The highest BCUT2D eigenvalue weighted by molar-refractivity contribution is 9.10. The number of nitrogens with one attached hydrogen (secondary N) is 1. The van der Waals surface area contributed by atoms with Gasteiger partial charge in [-0.25, -0.2) is 4.98 Å². The Bertz CT molecular complexity index is 321. The Morgan fingerprint density at radius 1 is 1.56 bits per heavy atom. The van der Waals surface area contributed by atoms with Crippen molar-refractivity contribution in [1.82, 2.24) is 9.88 Å². The van der Waals surface area contributed by atoms with Crippen molar-refractivity contribution in [2.75, 3.05) is 25.0 Å². The van der Waals surface area contributed by atoms with E-state index in [1.165, 1.54) is 38.9 Å². The summed E-state index contributed by atoms with van der Waals surface area (Å²) in [5.74, 6) is 0. The van der Waals surface area contributed by atoms with E-state index in [9.17, 15) is 0 Å². The Labute approximate surface area is 109 Å². The number of likely N-dealkylation sites (tertiary alicyclic amines) is 1. The molecule has 0 spiro atoms. The molecule has 0 unspecified atom stereocenters. The third-order valence-corrected chi connectivity index (χ3v) is 4.41. The van der Waals surface area contributed by atoms with E-state index in [4.69, 9.17) is 0 Å². The van der Waals surface area contributed by atoms with Gasteiger partial charge in [0.1, 0.15) is 4.60 Å². The van der Waals surface area contributed by atoms with Crippen LogP contribution in [0.4, 0.5) is 5.13 Å². The second-order valence-electron chi connectivity index (χ2n) is 4.24. The SMILES string of the molecule is CCCN1CCC(Nc2nc(Br)cs2)CC1. The zero-order valence-corrected chi connectivity index (χ0v) is 12.0. The molecule has 0 amide bonds. The van der Waals surface area contributed by atoms with Crippen LogP contribution in [0.15, 0.2) is 9.98 Å². The average Bonchev–Trinajstić information content (AvgIpc) is 2.67. The monoisotopic (exact) mass is 303 g/mol. The fourth-order valence-electron chi connectivity index (χ4n) is 2.11. The zero-order chi connectivity index (χ0) is 11.4. The molecule has 3 nitrogen and oxygen atoms in total. The lowest BCUT2D eigenvalue weighted by atomic mass is 10.1. The zero-order valence-electron chi connectivity index (χ0n) is 9.58. The van der Waals surface area contributed by atoms with Crippen molar-refractivity contribution in [2.45, 2.75) is 32.2 Å². The molecular weight excluding hydrogens is 286 g/mol. The second kappa shape index (κ2) is 5.98. The molecular formula is C11H18BrN3S. The van der Waals surface area contributed by atoms with Crippen LogP contribution < -0.4 is 5.32 Å². The molecule has 16 heavy (non-hydrogen) atoms. The van der Waals surface area contributed by atoms with E-state index in [1.807, 2.05) is 5.38 Å². The predicted octanol–water partition coefficient (Wildman–Crippen LogP) is 3.19. The van der Waals surface area contributed by atoms with Gasteiger partial charge >= 0.3 is 0 Å². The minimum Gasteiger partial charge on any atom is -0.359 e. The van der Waals surface area contributed by atoms with Crippen LogP contribution in [0.25, 0.3) is 0 Å². The number of halogens is 1. The highest BCUT2D eigenvalue weighted by atomic mass is 79.9. The van der Waals surface area contributed by atoms with Crippen molar-refractivity contribution in [3.05, 3.63) is 9.98 Å². The van der Waals surface area contributed by atoms with Gasteiger partial charge in [0, 0.05) is 24.5 Å². The summed E-state index contributed by atoms with van der Waals surface area (Å²) in [5.41, 5.74) is 0. The van der Waals surface area contributed by atoms with E-state index in [0.717, 1.165) is 9.73 Å². The van der Waals surface area contributed by atoms with Crippen molar-refractivity contribution >= 4 is 32.4 Å². The molecule has 1 aliphatic heterocycles. The van der Waals surface area contributed by atoms with Crippen LogP contribution in [0.2, 0.25) is 0 Å². The molecule has 0 atom stereocenters. The predicted molar refractivity (Wildman–Crippen MR) is 73.2 cm³/mol. The first-order valence-electron chi connectivity index (χ1n) is 5.88. The third-order valence-electron chi connectivity index (χ3n) is 2.93. The number of aromatic nitrogens is 1. The molecule has 0 aromatic carbocycles. The maximum atomic E-state index is 4.37. The summed E-state index contributed by atoms with van der Waals surface area (Å²) in [5, 5.41) is 6.58. The molecule has 1 saturated heterocycles. The van der Waals surface area contributed by atoms with Gasteiger partial charge in [-0.15, -0.1) is 11.3 Å². The minimum absolute atomic E-state index is 0.603. The van der Waals surface area contributed by atoms with E-state index < -0.39 is 0 Å². The number of rotatable bonds is 4. The summed E-state index contributed by atoms with van der Waals surface area (Å²) in [4.78, 5) is 6.92. The molecule has 1 aromatic rings. The van der Waals surface area contributed by atoms with Gasteiger partial charge in [-0.05, 0) is 41.7 Å². The van der Waals surface area contributed by atoms with E-state index in [0.29, 0.717) is 6.04 Å². The lowest BCUT2D eigenvalue weighted by molar-refractivity contribution is 0.219. The Morgan fingerprint density at radius 2 is 2.31 bits per heavy atom. The van der Waals surface area contributed by atoms with Gasteiger partial charge in [0.05, 0.1) is 0 Å². The molecule has 0 saturated carbocycles. The second-order valence-corrected chi connectivity index (χ2v) is 5.91. The molecule has 0 radical (unpaired) electrons. The minimum atomic E-state index is 0.603. The molecule has 2 heterocycles. The van der Waals surface area contributed by atoms with Crippen molar-refractivity contribution < 1.29 is 0 Å². The Kier molecular flexibility index (Phi) is 4.61. The first kappa shape index (κ1) is 12.3. The van der Waals surface area contributed by atoms with Crippen LogP contribution in [-0.2, 0) is 0 Å². The van der Waals surface area contributed by atoms with Crippen LogP contribution in [0.1, 0.15) is 26.2 Å². The quantitative estimate of drug-likeness (QED) is 0.926. The molecule has 2 rings (SSSR count). The number of nitrogens with zero attached hydrogens (tertiary/aromatic N) is 2. The van der Waals surface area contributed by atoms with E-state index >= 15 is 0 Å². The lowest BCUT2D eigenvalue weighted by Crippen LogP contribution is -2.39. The van der Waals surface area contributed by atoms with Gasteiger partial charge < -0.3 is 10.2 Å². The molecule has 1 N–H and O–H groups in total. The molecule has 1 aromatic heterocycles. The van der Waals surface area contributed by atoms with Gasteiger partial charge in [-0.1, -0.05) is 6.92 Å². The largest absolute Gasteiger partial charge is 0.359 e. The number of hydrogen-bond acceptors (Lipinski definition) is 4. The third kappa shape index (κ3) is 3.43. The molecule has 90 valence electrons. The summed E-state index contributed by atoms with van der Waals surface area (Å²) >= 11 is 5.05. The first-order chi connectivity index (χ1) is 7.78. The normalized spacial score (nSPS) is 18.9. The molecule has 1 aliphatic rings. The van der Waals surface area contributed by atoms with Gasteiger partial charge in [0.15, 0.2) is 5.13 Å². The lowest BCUT2D eigenvalue weighted by Gasteiger charge is -2.31. The Balaban J connectivity index is 1.77. The Hall–Kier alpha value is -0.130. The van der Waals surface area contributed by atoms with Gasteiger partial charge in [0.2, 0.25) is 0 Å². The highest BCUT2D eigenvalue weighted by Crippen LogP contribution is 2.22. The van der Waals surface area contributed by atoms with E-state index in [-0.39, 0.29) is 0 Å². The number of anilines is 1. The fraction of sp³-hybridized carbons (Fsp3) is 0.727. The molecule has 5 heteroatoms. The van der Waals surface area contributed by atoms with Crippen LogP contribution in [-0.4, -0.2) is 35.6 Å². The summed E-state index contributed by atoms with van der Waals surface area (Å²) in [7, 11) is 0. The van der Waals surface area contributed by atoms with Crippen LogP contribution in [0.3, 0.4) is 0 Å². The summed E-state index contributed by atoms with van der Waals surface area (Å²) < 4.78 is 0.934. The highest BCUT2D eigenvalue weighted by Gasteiger charge is 2.18. The van der Waals surface area contributed by atoms with E-state index in [1.54, 1.807) is 11.3 Å². The fourth-order valence-corrected chi connectivity index (χ4v) is 3.33. The van der Waals surface area contributed by atoms with E-state index in [2.05, 4.69) is 38.1 Å². The standard InChI is InChI=1S/C11H18BrN3S/c1-2-5-15-6-3-9(4-7-15)13-11-14-10(12)8-16-11/h8-9H,2-7H2,1H3,(H,13,14). The number of thiazole rings is 1. The average molecular weight is 304 g/mol. The summed E-state index contributed by atoms with van der Waals surface area (Å²) in [6, 6.07) is 0.603. The summed E-state index contributed by atoms with van der Waals surface area (Å²) in [6.45, 7) is 5.93. The molecule has 1 fully saturated rings. The van der Waals surface area contributed by atoms with Crippen molar-refractivity contribution in [1.29, 1.82) is 0 Å². The molecule has 0 bridgehead atoms.